The molecular formula is C26H25NO5. The summed E-state index contributed by atoms with van der Waals surface area (Å²) in [6.45, 7) is 0.598. The first-order chi connectivity index (χ1) is 15.5. The first-order valence-electron chi connectivity index (χ1n) is 10.4. The zero-order valence-corrected chi connectivity index (χ0v) is 17.8. The van der Waals surface area contributed by atoms with Gasteiger partial charge in [0, 0.05) is 0 Å². The van der Waals surface area contributed by atoms with Crippen molar-refractivity contribution in [2.45, 2.75) is 18.9 Å². The van der Waals surface area contributed by atoms with E-state index in [2.05, 4.69) is 0 Å². The van der Waals surface area contributed by atoms with Gasteiger partial charge in [0.25, 0.3) is 0 Å². The van der Waals surface area contributed by atoms with Crippen LogP contribution in [0.3, 0.4) is 0 Å². The molecule has 3 aromatic carbocycles. The predicted octanol–water partition coefficient (Wildman–Crippen LogP) is 4.91. The largest absolute Gasteiger partial charge is 0.497 e. The van der Waals surface area contributed by atoms with E-state index in [1.165, 1.54) is 0 Å². The maximum absolute atomic E-state index is 11.0. The van der Waals surface area contributed by atoms with Crippen LogP contribution in [0.2, 0.25) is 0 Å². The van der Waals surface area contributed by atoms with Crippen LogP contribution in [0.5, 0.6) is 17.2 Å². The fourth-order valence-electron chi connectivity index (χ4n) is 3.53. The highest BCUT2D eigenvalue weighted by Gasteiger charge is 2.44. The molecule has 0 aromatic heterocycles. The second-order valence-corrected chi connectivity index (χ2v) is 7.78. The van der Waals surface area contributed by atoms with E-state index in [1.807, 2.05) is 72.8 Å². The summed E-state index contributed by atoms with van der Waals surface area (Å²) in [4.78, 5) is 11.0. The maximum Gasteiger partial charge on any atom is 0.307 e. The van der Waals surface area contributed by atoms with Crippen molar-refractivity contribution in [2.75, 3.05) is 13.7 Å². The lowest BCUT2D eigenvalue weighted by atomic mass is 10.1. The van der Waals surface area contributed by atoms with E-state index in [0.717, 1.165) is 28.2 Å². The number of carboxylic acid groups (broad SMARTS) is 1. The lowest BCUT2D eigenvalue weighted by Gasteiger charge is -2.10. The van der Waals surface area contributed by atoms with Gasteiger partial charge in [0.1, 0.15) is 30.5 Å². The summed E-state index contributed by atoms with van der Waals surface area (Å²) in [5.41, 5.74) is 3.23. The molecule has 1 saturated carbocycles. The van der Waals surface area contributed by atoms with E-state index in [1.54, 1.807) is 7.11 Å². The quantitative estimate of drug-likeness (QED) is 0.445. The SMILES string of the molecule is COc1ccc(C(=N)COc2ccc(COc3ccc(C4CC4C(=O)O)cc3)cc2)cc1. The molecule has 1 fully saturated rings. The van der Waals surface area contributed by atoms with Crippen LogP contribution in [0.1, 0.15) is 29.0 Å². The molecule has 1 aliphatic rings. The average molecular weight is 431 g/mol. The van der Waals surface area contributed by atoms with Gasteiger partial charge in [-0.15, -0.1) is 0 Å². The van der Waals surface area contributed by atoms with Crippen molar-refractivity contribution in [3.63, 3.8) is 0 Å². The number of carbonyl (C=O) groups is 1. The zero-order valence-electron chi connectivity index (χ0n) is 17.8. The summed E-state index contributed by atoms with van der Waals surface area (Å²) in [5.74, 6) is 1.34. The third-order valence-electron chi connectivity index (χ3n) is 5.57. The van der Waals surface area contributed by atoms with Gasteiger partial charge in [0.15, 0.2) is 0 Å². The van der Waals surface area contributed by atoms with Crippen molar-refractivity contribution in [2.24, 2.45) is 5.92 Å². The van der Waals surface area contributed by atoms with E-state index < -0.39 is 5.97 Å². The molecule has 0 heterocycles. The number of hydrogen-bond acceptors (Lipinski definition) is 5. The van der Waals surface area contributed by atoms with Gasteiger partial charge in [-0.25, -0.2) is 0 Å². The van der Waals surface area contributed by atoms with Crippen molar-refractivity contribution in [3.05, 3.63) is 89.5 Å². The van der Waals surface area contributed by atoms with Crippen LogP contribution in [-0.2, 0) is 11.4 Å². The van der Waals surface area contributed by atoms with Gasteiger partial charge in [-0.2, -0.15) is 0 Å². The van der Waals surface area contributed by atoms with Gasteiger partial charge in [-0.1, -0.05) is 24.3 Å². The van der Waals surface area contributed by atoms with Gasteiger partial charge in [0.05, 0.1) is 18.7 Å². The van der Waals surface area contributed by atoms with E-state index in [0.29, 0.717) is 24.5 Å². The molecule has 0 spiro atoms. The Bertz CT molecular complexity index is 1070. The molecule has 2 unspecified atom stereocenters. The number of nitrogens with one attached hydrogen (secondary N) is 1. The Morgan fingerprint density at radius 2 is 1.50 bits per heavy atom. The third-order valence-corrected chi connectivity index (χ3v) is 5.57. The topological polar surface area (TPSA) is 88.8 Å². The van der Waals surface area contributed by atoms with E-state index in [9.17, 15) is 4.79 Å². The summed E-state index contributed by atoms with van der Waals surface area (Å²) >= 11 is 0. The smallest absolute Gasteiger partial charge is 0.307 e. The highest BCUT2D eigenvalue weighted by molar-refractivity contribution is 5.99. The second kappa shape index (κ2) is 9.56. The maximum atomic E-state index is 11.0. The predicted molar refractivity (Wildman–Crippen MR) is 121 cm³/mol. The molecule has 6 heteroatoms. The number of methoxy groups -OCH3 is 1. The molecule has 32 heavy (non-hydrogen) atoms. The monoisotopic (exact) mass is 431 g/mol. The van der Waals surface area contributed by atoms with Gasteiger partial charge in [0.2, 0.25) is 0 Å². The lowest BCUT2D eigenvalue weighted by molar-refractivity contribution is -0.138. The molecule has 0 bridgehead atoms. The molecule has 164 valence electrons. The molecule has 4 rings (SSSR count). The molecule has 0 aliphatic heterocycles. The van der Waals surface area contributed by atoms with Gasteiger partial charge >= 0.3 is 5.97 Å². The van der Waals surface area contributed by atoms with E-state index in [4.69, 9.17) is 24.7 Å². The summed E-state index contributed by atoms with van der Waals surface area (Å²) in [7, 11) is 1.61. The lowest BCUT2D eigenvalue weighted by Crippen LogP contribution is -2.11. The number of hydrogen-bond donors (Lipinski definition) is 2. The normalized spacial score (nSPS) is 16.8. The Labute approximate surface area is 186 Å². The fourth-order valence-corrected chi connectivity index (χ4v) is 3.53. The Morgan fingerprint density at radius 3 is 2.09 bits per heavy atom. The van der Waals surface area contributed by atoms with E-state index >= 15 is 0 Å². The van der Waals surface area contributed by atoms with Gasteiger partial charge in [-0.05, 0) is 77.6 Å². The fraction of sp³-hybridized carbons (Fsp3) is 0.231. The van der Waals surface area contributed by atoms with Crippen LogP contribution >= 0.6 is 0 Å². The Hall–Kier alpha value is -3.80. The standard InChI is InChI=1S/C26H25NO5/c1-30-20-10-6-19(7-11-20)25(27)16-32-21-8-2-17(3-9-21)15-31-22-12-4-18(5-13-22)23-14-24(23)26(28)29/h2-13,23-24,27H,14-16H2,1H3,(H,28,29). The molecular weight excluding hydrogens is 406 g/mol. The number of aliphatic carboxylic acids is 1. The van der Waals surface area contributed by atoms with Crippen molar-refractivity contribution < 1.29 is 24.1 Å². The van der Waals surface area contributed by atoms with Crippen LogP contribution in [-0.4, -0.2) is 30.5 Å². The average Bonchev–Trinajstić information content (AvgIpc) is 3.64. The minimum Gasteiger partial charge on any atom is -0.497 e. The van der Waals surface area contributed by atoms with Crippen LogP contribution in [0.4, 0.5) is 0 Å². The van der Waals surface area contributed by atoms with Crippen molar-refractivity contribution in [1.29, 1.82) is 5.41 Å². The van der Waals surface area contributed by atoms with Crippen LogP contribution in [0.15, 0.2) is 72.8 Å². The van der Waals surface area contributed by atoms with Crippen LogP contribution < -0.4 is 14.2 Å². The van der Waals surface area contributed by atoms with Crippen molar-refractivity contribution >= 4 is 11.7 Å². The molecule has 2 N–H and O–H groups in total. The summed E-state index contributed by atoms with van der Waals surface area (Å²) in [5, 5.41) is 17.2. The van der Waals surface area contributed by atoms with Crippen molar-refractivity contribution in [1.82, 2.24) is 0 Å². The molecule has 3 aromatic rings. The zero-order chi connectivity index (χ0) is 22.5. The second-order valence-electron chi connectivity index (χ2n) is 7.78. The third kappa shape index (κ3) is 5.27. The Kier molecular flexibility index (Phi) is 6.40. The molecule has 2 atom stereocenters. The first-order valence-corrected chi connectivity index (χ1v) is 10.4. The van der Waals surface area contributed by atoms with Crippen molar-refractivity contribution in [3.8, 4) is 17.2 Å². The number of ether oxygens (including phenoxy) is 3. The highest BCUT2D eigenvalue weighted by atomic mass is 16.5. The van der Waals surface area contributed by atoms with Crippen LogP contribution in [0.25, 0.3) is 0 Å². The molecule has 0 saturated heterocycles. The van der Waals surface area contributed by atoms with Crippen LogP contribution in [0, 0.1) is 11.3 Å². The Balaban J connectivity index is 1.24. The number of carboxylic acids is 1. The number of benzene rings is 3. The van der Waals surface area contributed by atoms with E-state index in [-0.39, 0.29) is 18.4 Å². The molecule has 0 radical (unpaired) electrons. The Morgan fingerprint density at radius 1 is 0.906 bits per heavy atom. The highest BCUT2D eigenvalue weighted by Crippen LogP contribution is 2.47. The minimum atomic E-state index is -0.722. The minimum absolute atomic E-state index is 0.125. The summed E-state index contributed by atoms with van der Waals surface area (Å²) in [6, 6.07) is 22.6. The molecule has 0 amide bonds. The van der Waals surface area contributed by atoms with Gasteiger partial charge in [-0.3, -0.25) is 4.79 Å². The summed E-state index contributed by atoms with van der Waals surface area (Å²) in [6.07, 6.45) is 0.712. The summed E-state index contributed by atoms with van der Waals surface area (Å²) < 4.78 is 16.7. The van der Waals surface area contributed by atoms with Gasteiger partial charge < -0.3 is 24.7 Å². The molecule has 1 aliphatic carbocycles. The number of rotatable bonds is 10. The molecule has 6 nitrogen and oxygen atoms in total. The first kappa shape index (κ1) is 21.4.